The summed E-state index contributed by atoms with van der Waals surface area (Å²) in [6, 6.07) is 3.52. The second kappa shape index (κ2) is 10.8. The third-order valence-electron chi connectivity index (χ3n) is 5.58. The number of rotatable bonds is 7. The van der Waals surface area contributed by atoms with Gasteiger partial charge in [0.1, 0.15) is 5.75 Å². The number of carbonyl (C=O) groups is 1. The molecule has 2 N–H and O–H groups in total. The Bertz CT molecular complexity index is 1040. The van der Waals surface area contributed by atoms with Gasteiger partial charge in [0.2, 0.25) is 5.91 Å². The highest BCUT2D eigenvalue weighted by Gasteiger charge is 2.26. The highest BCUT2D eigenvalue weighted by atomic mass is 16.6. The number of non-ortho nitro benzene ring substituents is 1. The van der Waals surface area contributed by atoms with E-state index >= 15 is 0 Å². The highest BCUT2D eigenvalue weighted by Crippen LogP contribution is 2.40. The largest absolute Gasteiger partial charge is 0.506 e. The lowest BCUT2D eigenvalue weighted by molar-refractivity contribution is -0.384. The maximum absolute atomic E-state index is 12.2. The van der Waals surface area contributed by atoms with Gasteiger partial charge in [0, 0.05) is 12.1 Å². The van der Waals surface area contributed by atoms with Crippen LogP contribution in [0.15, 0.2) is 76.9 Å². The van der Waals surface area contributed by atoms with Crippen molar-refractivity contribution in [2.75, 3.05) is 5.32 Å². The fourth-order valence-corrected chi connectivity index (χ4v) is 3.80. The normalized spacial score (nSPS) is 17.3. The van der Waals surface area contributed by atoms with Gasteiger partial charge in [0.25, 0.3) is 5.69 Å². The standard InChI is InChI=1S/C26H32N2O4/c1-18(11-13-22-20(3)10-7-15-26(22,4)5)8-6-9-19(2)16-25(30)27-23-14-12-21(28(31)32)17-24(23)29/h6,8-9,11-14,16-17,29H,7,10,15H2,1-5H3,(H,27,30)/b9-6+,13-11+,18-8+,19-16+. The van der Waals surface area contributed by atoms with Crippen LogP contribution in [0.3, 0.4) is 0 Å². The van der Waals surface area contributed by atoms with E-state index < -0.39 is 10.8 Å². The number of nitro groups is 1. The van der Waals surface area contributed by atoms with Gasteiger partial charge in [-0.25, -0.2) is 0 Å². The number of aromatic hydroxyl groups is 1. The highest BCUT2D eigenvalue weighted by molar-refractivity contribution is 6.01. The van der Waals surface area contributed by atoms with Gasteiger partial charge in [-0.1, -0.05) is 55.4 Å². The molecule has 0 unspecified atom stereocenters. The van der Waals surface area contributed by atoms with Crippen molar-refractivity contribution >= 4 is 17.3 Å². The molecule has 1 aromatic carbocycles. The summed E-state index contributed by atoms with van der Waals surface area (Å²) in [5, 5.41) is 23.1. The number of anilines is 1. The number of phenolic OH excluding ortho intramolecular Hbond substituents is 1. The summed E-state index contributed by atoms with van der Waals surface area (Å²) < 4.78 is 0. The van der Waals surface area contributed by atoms with E-state index in [9.17, 15) is 20.0 Å². The minimum Gasteiger partial charge on any atom is -0.506 e. The molecule has 0 spiro atoms. The Kier molecular flexibility index (Phi) is 8.35. The number of nitrogens with one attached hydrogen (secondary N) is 1. The topological polar surface area (TPSA) is 92.5 Å². The maximum Gasteiger partial charge on any atom is 0.273 e. The fourth-order valence-electron chi connectivity index (χ4n) is 3.80. The van der Waals surface area contributed by atoms with Crippen molar-refractivity contribution in [1.82, 2.24) is 0 Å². The van der Waals surface area contributed by atoms with Crippen molar-refractivity contribution in [2.24, 2.45) is 5.41 Å². The number of allylic oxidation sites excluding steroid dienone is 9. The van der Waals surface area contributed by atoms with Gasteiger partial charge < -0.3 is 10.4 Å². The molecule has 6 nitrogen and oxygen atoms in total. The number of amides is 1. The van der Waals surface area contributed by atoms with Crippen LogP contribution in [-0.4, -0.2) is 15.9 Å². The van der Waals surface area contributed by atoms with E-state index in [2.05, 4.69) is 38.2 Å². The minimum absolute atomic E-state index is 0.116. The molecule has 1 aromatic rings. The molecular weight excluding hydrogens is 404 g/mol. The van der Waals surface area contributed by atoms with Crippen LogP contribution in [0.1, 0.15) is 53.9 Å². The van der Waals surface area contributed by atoms with E-state index in [1.165, 1.54) is 42.2 Å². The van der Waals surface area contributed by atoms with Crippen molar-refractivity contribution in [3.8, 4) is 5.75 Å². The van der Waals surface area contributed by atoms with Crippen molar-refractivity contribution in [3.63, 3.8) is 0 Å². The molecule has 0 atom stereocenters. The summed E-state index contributed by atoms with van der Waals surface area (Å²) >= 11 is 0. The second-order valence-electron chi connectivity index (χ2n) is 8.87. The molecular formula is C26H32N2O4. The average Bonchev–Trinajstić information content (AvgIpc) is 2.68. The first-order valence-corrected chi connectivity index (χ1v) is 10.7. The van der Waals surface area contributed by atoms with Crippen LogP contribution in [0.25, 0.3) is 0 Å². The molecule has 0 aromatic heterocycles. The lowest BCUT2D eigenvalue weighted by Crippen LogP contribution is -2.19. The zero-order valence-corrected chi connectivity index (χ0v) is 19.4. The Labute approximate surface area is 189 Å². The molecule has 0 saturated carbocycles. The van der Waals surface area contributed by atoms with E-state index in [1.54, 1.807) is 6.92 Å². The van der Waals surface area contributed by atoms with E-state index in [1.807, 2.05) is 25.2 Å². The summed E-state index contributed by atoms with van der Waals surface area (Å²) in [6.45, 7) is 10.6. The van der Waals surface area contributed by atoms with Gasteiger partial charge in [-0.2, -0.15) is 0 Å². The van der Waals surface area contributed by atoms with Crippen LogP contribution in [-0.2, 0) is 4.79 Å². The van der Waals surface area contributed by atoms with E-state index in [4.69, 9.17) is 0 Å². The second-order valence-corrected chi connectivity index (χ2v) is 8.87. The molecule has 0 saturated heterocycles. The summed E-state index contributed by atoms with van der Waals surface area (Å²) in [5.74, 6) is -0.787. The first-order valence-electron chi connectivity index (χ1n) is 10.7. The molecule has 32 heavy (non-hydrogen) atoms. The third-order valence-corrected chi connectivity index (χ3v) is 5.58. The van der Waals surface area contributed by atoms with Crippen LogP contribution in [0.2, 0.25) is 0 Å². The molecule has 1 aliphatic carbocycles. The van der Waals surface area contributed by atoms with Crippen molar-refractivity contribution in [3.05, 3.63) is 87.1 Å². The Morgan fingerprint density at radius 2 is 1.94 bits per heavy atom. The van der Waals surface area contributed by atoms with E-state index in [-0.39, 0.29) is 22.5 Å². The summed E-state index contributed by atoms with van der Waals surface area (Å²) in [4.78, 5) is 22.3. The lowest BCUT2D eigenvalue weighted by atomic mass is 9.72. The lowest BCUT2D eigenvalue weighted by Gasteiger charge is -2.32. The van der Waals surface area contributed by atoms with E-state index in [0.717, 1.165) is 23.6 Å². The number of benzene rings is 1. The number of hydrogen-bond donors (Lipinski definition) is 2. The third kappa shape index (κ3) is 7.08. The number of nitrogens with zero attached hydrogens (tertiary/aromatic N) is 1. The number of hydrogen-bond acceptors (Lipinski definition) is 4. The van der Waals surface area contributed by atoms with Gasteiger partial charge in [-0.3, -0.25) is 14.9 Å². The summed E-state index contributed by atoms with van der Waals surface area (Å²) in [6.07, 6.45) is 15.1. The molecule has 1 amide bonds. The predicted molar refractivity (Wildman–Crippen MR) is 130 cm³/mol. The molecule has 170 valence electrons. The van der Waals surface area contributed by atoms with Crippen LogP contribution in [0, 0.1) is 15.5 Å². The molecule has 2 rings (SSSR count). The molecule has 0 bridgehead atoms. The molecule has 0 aliphatic heterocycles. The molecule has 0 heterocycles. The van der Waals surface area contributed by atoms with Crippen molar-refractivity contribution in [2.45, 2.75) is 53.9 Å². The van der Waals surface area contributed by atoms with E-state index in [0.29, 0.717) is 0 Å². The number of nitro benzene ring substituents is 1. The van der Waals surface area contributed by atoms with Crippen LogP contribution in [0.5, 0.6) is 5.75 Å². The monoisotopic (exact) mass is 436 g/mol. The van der Waals surface area contributed by atoms with Gasteiger partial charge >= 0.3 is 0 Å². The van der Waals surface area contributed by atoms with Crippen molar-refractivity contribution < 1.29 is 14.8 Å². The average molecular weight is 437 g/mol. The van der Waals surface area contributed by atoms with Gasteiger partial charge in [-0.05, 0) is 62.7 Å². The SMILES string of the molecule is CC1=C(/C=C/C(C)=C/C=C/C(C)=C/C(=O)Nc2ccc([N+](=O)[O-])cc2O)C(C)(C)CCC1. The quantitative estimate of drug-likeness (QED) is 0.162. The Morgan fingerprint density at radius 3 is 2.56 bits per heavy atom. The zero-order valence-electron chi connectivity index (χ0n) is 19.4. The molecule has 6 heteroatoms. The molecule has 0 radical (unpaired) electrons. The van der Waals surface area contributed by atoms with Crippen LogP contribution in [0.4, 0.5) is 11.4 Å². The Hall–Kier alpha value is -3.41. The first kappa shape index (κ1) is 24.9. The van der Waals surface area contributed by atoms with Gasteiger partial charge in [-0.15, -0.1) is 0 Å². The number of phenols is 1. The zero-order chi connectivity index (χ0) is 23.9. The Balaban J connectivity index is 1.99. The first-order chi connectivity index (χ1) is 15.0. The number of carbonyl (C=O) groups excluding carboxylic acids is 1. The van der Waals surface area contributed by atoms with Crippen molar-refractivity contribution in [1.29, 1.82) is 0 Å². The fraction of sp³-hybridized carbons (Fsp3) is 0.346. The van der Waals surface area contributed by atoms with Crippen LogP contribution >= 0.6 is 0 Å². The molecule has 0 fully saturated rings. The van der Waals surface area contributed by atoms with Gasteiger partial charge in [0.15, 0.2) is 0 Å². The predicted octanol–water partition coefficient (Wildman–Crippen LogP) is 6.77. The smallest absolute Gasteiger partial charge is 0.273 e. The summed E-state index contributed by atoms with van der Waals surface area (Å²) in [7, 11) is 0. The van der Waals surface area contributed by atoms with Crippen LogP contribution < -0.4 is 5.32 Å². The Morgan fingerprint density at radius 1 is 1.22 bits per heavy atom. The minimum atomic E-state index is -0.612. The maximum atomic E-state index is 12.2. The molecule has 1 aliphatic rings. The van der Waals surface area contributed by atoms with Gasteiger partial charge in [0.05, 0.1) is 16.7 Å². The summed E-state index contributed by atoms with van der Waals surface area (Å²) in [5.41, 5.74) is 4.79.